The van der Waals surface area contributed by atoms with Crippen molar-refractivity contribution in [2.45, 2.75) is 57.7 Å². The number of hydrogen-bond acceptors (Lipinski definition) is 5. The third kappa shape index (κ3) is 5.87. The second-order valence-electron chi connectivity index (χ2n) is 7.26. The van der Waals surface area contributed by atoms with Crippen molar-refractivity contribution in [2.24, 2.45) is 0 Å². The van der Waals surface area contributed by atoms with Gasteiger partial charge < -0.3 is 15.4 Å². The Kier molecular flexibility index (Phi) is 6.16. The van der Waals surface area contributed by atoms with Crippen LogP contribution in [0.3, 0.4) is 0 Å². The summed E-state index contributed by atoms with van der Waals surface area (Å²) in [6.45, 7) is 6.15. The zero-order valence-electron chi connectivity index (χ0n) is 15.0. The van der Waals surface area contributed by atoms with E-state index in [0.717, 1.165) is 24.9 Å². The van der Waals surface area contributed by atoms with Gasteiger partial charge in [0.25, 0.3) is 0 Å². The number of Topliss-reactive ketones (excluding diaryl/α,β-unsaturated/α-hetero) is 1. The normalized spacial score (nSPS) is 18.2. The van der Waals surface area contributed by atoms with Crippen molar-refractivity contribution in [2.75, 3.05) is 6.54 Å². The Bertz CT molecular complexity index is 650. The predicted octanol–water partition coefficient (Wildman–Crippen LogP) is 2.32. The first-order valence-electron chi connectivity index (χ1n) is 8.54. The number of nitriles is 1. The van der Waals surface area contributed by atoms with Crippen LogP contribution in [0.1, 0.15) is 44.7 Å². The van der Waals surface area contributed by atoms with Crippen molar-refractivity contribution < 1.29 is 14.3 Å². The maximum Gasteiger partial charge on any atom is 0.408 e. The fourth-order valence-electron chi connectivity index (χ4n) is 2.79. The van der Waals surface area contributed by atoms with Crippen LogP contribution in [-0.2, 0) is 16.0 Å². The maximum atomic E-state index is 12.8. The van der Waals surface area contributed by atoms with E-state index in [-0.39, 0.29) is 11.8 Å². The molecule has 1 aliphatic heterocycles. The van der Waals surface area contributed by atoms with Gasteiger partial charge in [-0.1, -0.05) is 12.1 Å². The molecule has 2 unspecified atom stereocenters. The van der Waals surface area contributed by atoms with E-state index in [0.29, 0.717) is 12.0 Å². The van der Waals surface area contributed by atoms with Gasteiger partial charge in [-0.25, -0.2) is 4.79 Å². The molecule has 25 heavy (non-hydrogen) atoms. The molecule has 1 aromatic carbocycles. The number of rotatable bonds is 5. The molecule has 1 fully saturated rings. The van der Waals surface area contributed by atoms with Crippen LogP contribution in [0.25, 0.3) is 0 Å². The van der Waals surface area contributed by atoms with Crippen LogP contribution in [0.2, 0.25) is 0 Å². The predicted molar refractivity (Wildman–Crippen MR) is 94.1 cm³/mol. The molecule has 1 saturated heterocycles. The molecular formula is C19H25N3O3. The van der Waals surface area contributed by atoms with Crippen LogP contribution < -0.4 is 10.6 Å². The van der Waals surface area contributed by atoms with Crippen LogP contribution in [0.15, 0.2) is 24.3 Å². The second-order valence-corrected chi connectivity index (χ2v) is 7.26. The molecule has 0 aromatic heterocycles. The van der Waals surface area contributed by atoms with E-state index in [1.54, 1.807) is 45.0 Å². The van der Waals surface area contributed by atoms with Gasteiger partial charge in [-0.3, -0.25) is 4.79 Å². The van der Waals surface area contributed by atoms with E-state index in [9.17, 15) is 9.59 Å². The Balaban J connectivity index is 2.11. The minimum atomic E-state index is -0.668. The number of carbonyl (C=O) groups is 2. The van der Waals surface area contributed by atoms with E-state index in [2.05, 4.69) is 16.7 Å². The molecule has 1 aliphatic rings. The zero-order chi connectivity index (χ0) is 18.4. The summed E-state index contributed by atoms with van der Waals surface area (Å²) in [7, 11) is 0. The molecule has 0 aliphatic carbocycles. The van der Waals surface area contributed by atoms with Gasteiger partial charge in [-0.15, -0.1) is 0 Å². The van der Waals surface area contributed by atoms with Crippen molar-refractivity contribution in [1.82, 2.24) is 10.6 Å². The Labute approximate surface area is 148 Å². The van der Waals surface area contributed by atoms with Crippen molar-refractivity contribution >= 4 is 11.9 Å². The van der Waals surface area contributed by atoms with Gasteiger partial charge in [0.1, 0.15) is 5.60 Å². The highest BCUT2D eigenvalue weighted by molar-refractivity contribution is 5.92. The summed E-state index contributed by atoms with van der Waals surface area (Å²) in [5.41, 5.74) is 0.813. The summed E-state index contributed by atoms with van der Waals surface area (Å²) in [6, 6.07) is 8.18. The van der Waals surface area contributed by atoms with E-state index in [4.69, 9.17) is 10.00 Å². The third-order valence-corrected chi connectivity index (χ3v) is 3.96. The second kappa shape index (κ2) is 8.13. The lowest BCUT2D eigenvalue weighted by atomic mass is 9.96. The standard InChI is InChI=1S/C19H25N3O3/c1-19(2,3)25-18(24)22-16(17(23)15-5-4-10-21-15)11-13-6-8-14(12-20)9-7-13/h6-9,15-16,21H,4-5,10-11H2,1-3H3,(H,22,24). The first kappa shape index (κ1) is 18.9. The first-order valence-corrected chi connectivity index (χ1v) is 8.54. The number of carbonyl (C=O) groups excluding carboxylic acids is 2. The summed E-state index contributed by atoms with van der Waals surface area (Å²) < 4.78 is 5.29. The summed E-state index contributed by atoms with van der Waals surface area (Å²) >= 11 is 0. The fraction of sp³-hybridized carbons (Fsp3) is 0.526. The van der Waals surface area contributed by atoms with Gasteiger partial charge in [0.2, 0.25) is 0 Å². The number of ketones is 1. The zero-order valence-corrected chi connectivity index (χ0v) is 15.0. The van der Waals surface area contributed by atoms with Gasteiger partial charge in [0, 0.05) is 0 Å². The van der Waals surface area contributed by atoms with Crippen LogP contribution >= 0.6 is 0 Å². The Hall–Kier alpha value is -2.39. The van der Waals surface area contributed by atoms with Gasteiger partial charge >= 0.3 is 6.09 Å². The largest absolute Gasteiger partial charge is 0.444 e. The molecule has 6 heteroatoms. The van der Waals surface area contributed by atoms with Crippen LogP contribution in [0.4, 0.5) is 4.79 Å². The lowest BCUT2D eigenvalue weighted by Crippen LogP contribution is -2.50. The highest BCUT2D eigenvalue weighted by Crippen LogP contribution is 2.14. The van der Waals surface area contributed by atoms with Crippen molar-refractivity contribution in [3.8, 4) is 6.07 Å². The Morgan fingerprint density at radius 2 is 2.04 bits per heavy atom. The monoisotopic (exact) mass is 343 g/mol. The number of ether oxygens (including phenoxy) is 1. The molecule has 0 saturated carbocycles. The van der Waals surface area contributed by atoms with Crippen LogP contribution in [-0.4, -0.2) is 36.1 Å². The highest BCUT2D eigenvalue weighted by atomic mass is 16.6. The Morgan fingerprint density at radius 1 is 1.36 bits per heavy atom. The molecule has 1 amide bonds. The molecule has 2 atom stereocenters. The quantitative estimate of drug-likeness (QED) is 0.856. The topological polar surface area (TPSA) is 91.2 Å². The van der Waals surface area contributed by atoms with E-state index >= 15 is 0 Å². The average Bonchev–Trinajstić information content (AvgIpc) is 3.07. The first-order chi connectivity index (χ1) is 11.8. The molecule has 134 valence electrons. The van der Waals surface area contributed by atoms with Crippen molar-refractivity contribution in [3.63, 3.8) is 0 Å². The molecule has 1 aromatic rings. The molecule has 0 spiro atoms. The summed E-state index contributed by atoms with van der Waals surface area (Å²) in [4.78, 5) is 24.9. The Morgan fingerprint density at radius 3 is 2.56 bits per heavy atom. The van der Waals surface area contributed by atoms with Gasteiger partial charge in [0.15, 0.2) is 5.78 Å². The smallest absolute Gasteiger partial charge is 0.408 e. The average molecular weight is 343 g/mol. The lowest BCUT2D eigenvalue weighted by molar-refractivity contribution is -0.122. The summed E-state index contributed by atoms with van der Waals surface area (Å²) in [5, 5.41) is 14.8. The number of amides is 1. The minimum Gasteiger partial charge on any atom is -0.444 e. The molecule has 2 N–H and O–H groups in total. The number of nitrogens with one attached hydrogen (secondary N) is 2. The van der Waals surface area contributed by atoms with Gasteiger partial charge in [-0.05, 0) is 64.3 Å². The molecule has 0 radical (unpaired) electrons. The van der Waals surface area contributed by atoms with E-state index < -0.39 is 17.7 Å². The van der Waals surface area contributed by atoms with Crippen LogP contribution in [0, 0.1) is 11.3 Å². The fourth-order valence-corrected chi connectivity index (χ4v) is 2.79. The number of nitrogens with zero attached hydrogens (tertiary/aromatic N) is 1. The number of benzene rings is 1. The summed E-state index contributed by atoms with van der Waals surface area (Å²) in [6.07, 6.45) is 1.49. The van der Waals surface area contributed by atoms with Crippen molar-refractivity contribution in [3.05, 3.63) is 35.4 Å². The lowest BCUT2D eigenvalue weighted by Gasteiger charge is -2.24. The molecule has 1 heterocycles. The minimum absolute atomic E-state index is 0.0345. The van der Waals surface area contributed by atoms with E-state index in [1.165, 1.54) is 0 Å². The summed E-state index contributed by atoms with van der Waals surface area (Å²) in [5.74, 6) is -0.0345. The molecule has 0 bridgehead atoms. The van der Waals surface area contributed by atoms with Gasteiger partial charge in [0.05, 0.1) is 23.7 Å². The number of alkyl carbamates (subject to hydrolysis) is 1. The highest BCUT2D eigenvalue weighted by Gasteiger charge is 2.31. The molecular weight excluding hydrogens is 318 g/mol. The van der Waals surface area contributed by atoms with Crippen molar-refractivity contribution in [1.29, 1.82) is 5.26 Å². The molecule has 6 nitrogen and oxygen atoms in total. The van der Waals surface area contributed by atoms with Crippen LogP contribution in [0.5, 0.6) is 0 Å². The SMILES string of the molecule is CC(C)(C)OC(=O)NC(Cc1ccc(C#N)cc1)C(=O)C1CCCN1. The van der Waals surface area contributed by atoms with E-state index in [1.807, 2.05) is 0 Å². The van der Waals surface area contributed by atoms with Gasteiger partial charge in [-0.2, -0.15) is 5.26 Å². The third-order valence-electron chi connectivity index (χ3n) is 3.96. The molecule has 2 rings (SSSR count). The maximum absolute atomic E-state index is 12.8. The number of hydrogen-bond donors (Lipinski definition) is 2.